The number of likely N-dealkylation sites (N-methyl/N-ethyl adjacent to an activating group) is 1. The second kappa shape index (κ2) is 4.58. The van der Waals surface area contributed by atoms with E-state index in [1.165, 1.54) is 36.3 Å². The Morgan fingerprint density at radius 2 is 2.39 bits per heavy atom. The van der Waals surface area contributed by atoms with Gasteiger partial charge in [0.05, 0.1) is 11.2 Å². The number of aryl methyl sites for hydroxylation is 1. The molecule has 0 amide bonds. The maximum absolute atomic E-state index is 6.17. The van der Waals surface area contributed by atoms with Crippen LogP contribution in [0.3, 0.4) is 0 Å². The Morgan fingerprint density at radius 3 is 2.89 bits per heavy atom. The Bertz CT molecular complexity index is 430. The second-order valence-electron chi connectivity index (χ2n) is 6.10. The van der Waals surface area contributed by atoms with Crippen molar-refractivity contribution in [3.63, 3.8) is 0 Å². The molecule has 0 spiro atoms. The highest BCUT2D eigenvalue weighted by Gasteiger charge is 2.52. The van der Waals surface area contributed by atoms with E-state index in [4.69, 9.17) is 5.73 Å². The van der Waals surface area contributed by atoms with E-state index >= 15 is 0 Å². The van der Waals surface area contributed by atoms with E-state index in [1.807, 2.05) is 5.51 Å². The molecule has 2 N–H and O–H groups in total. The molecule has 0 saturated heterocycles. The third-order valence-corrected chi connectivity index (χ3v) is 6.20. The molecule has 2 saturated carbocycles. The van der Waals surface area contributed by atoms with E-state index in [2.05, 4.69) is 23.9 Å². The average molecular weight is 265 g/mol. The highest BCUT2D eigenvalue weighted by atomic mass is 32.1. The van der Waals surface area contributed by atoms with Crippen LogP contribution >= 0.6 is 11.3 Å². The van der Waals surface area contributed by atoms with Crippen molar-refractivity contribution in [2.75, 3.05) is 13.6 Å². The maximum Gasteiger partial charge on any atom is 0.0798 e. The monoisotopic (exact) mass is 265 g/mol. The molecule has 0 aliphatic heterocycles. The van der Waals surface area contributed by atoms with Crippen molar-refractivity contribution in [1.29, 1.82) is 0 Å². The first-order chi connectivity index (χ1) is 8.65. The lowest BCUT2D eigenvalue weighted by Crippen LogP contribution is -2.55. The molecule has 2 bridgehead atoms. The van der Waals surface area contributed by atoms with Crippen molar-refractivity contribution < 1.29 is 0 Å². The van der Waals surface area contributed by atoms with Gasteiger partial charge in [-0.1, -0.05) is 6.42 Å². The fraction of sp³-hybridized carbons (Fsp3) is 0.786. The van der Waals surface area contributed by atoms with Crippen LogP contribution in [0.15, 0.2) is 5.51 Å². The van der Waals surface area contributed by atoms with E-state index in [0.29, 0.717) is 0 Å². The fourth-order valence-corrected chi connectivity index (χ4v) is 4.97. The van der Waals surface area contributed by atoms with Gasteiger partial charge in [0.25, 0.3) is 0 Å². The van der Waals surface area contributed by atoms with Gasteiger partial charge in [-0.2, -0.15) is 0 Å². The summed E-state index contributed by atoms with van der Waals surface area (Å²) in [4.78, 5) is 8.27. The van der Waals surface area contributed by atoms with E-state index < -0.39 is 0 Å². The summed E-state index contributed by atoms with van der Waals surface area (Å²) in [5.41, 5.74) is 9.57. The molecule has 0 aromatic carbocycles. The first kappa shape index (κ1) is 12.6. The lowest BCUT2D eigenvalue weighted by Gasteiger charge is -2.44. The Hall–Kier alpha value is -0.450. The molecule has 3 rings (SSSR count). The summed E-state index contributed by atoms with van der Waals surface area (Å²) in [6.45, 7) is 3.93. The van der Waals surface area contributed by atoms with Crippen LogP contribution in [-0.2, 0) is 6.54 Å². The van der Waals surface area contributed by atoms with Gasteiger partial charge in [-0.05, 0) is 45.1 Å². The predicted molar refractivity (Wildman–Crippen MR) is 75.6 cm³/mol. The molecule has 1 heterocycles. The topological polar surface area (TPSA) is 42.2 Å². The lowest BCUT2D eigenvalue weighted by molar-refractivity contribution is 0.0598. The summed E-state index contributed by atoms with van der Waals surface area (Å²) >= 11 is 1.77. The van der Waals surface area contributed by atoms with Crippen molar-refractivity contribution in [1.82, 2.24) is 9.88 Å². The summed E-state index contributed by atoms with van der Waals surface area (Å²) in [7, 11) is 2.26. The van der Waals surface area contributed by atoms with Gasteiger partial charge in [0.15, 0.2) is 0 Å². The number of thiazole rings is 1. The van der Waals surface area contributed by atoms with Gasteiger partial charge in [0.2, 0.25) is 0 Å². The number of aromatic nitrogens is 1. The van der Waals surface area contributed by atoms with Crippen LogP contribution in [0.25, 0.3) is 0 Å². The molecule has 0 radical (unpaired) electrons. The molecular weight excluding hydrogens is 242 g/mol. The number of nitrogens with two attached hydrogens (primary N) is 1. The second-order valence-corrected chi connectivity index (χ2v) is 7.04. The van der Waals surface area contributed by atoms with Crippen molar-refractivity contribution in [2.24, 2.45) is 17.6 Å². The van der Waals surface area contributed by atoms with Gasteiger partial charge in [-0.3, -0.25) is 4.90 Å². The van der Waals surface area contributed by atoms with E-state index in [0.717, 1.165) is 24.9 Å². The molecule has 2 aliphatic carbocycles. The number of hydrogen-bond acceptors (Lipinski definition) is 4. The van der Waals surface area contributed by atoms with E-state index in [1.54, 1.807) is 11.3 Å². The molecular formula is C14H23N3S. The zero-order valence-electron chi connectivity index (χ0n) is 11.4. The van der Waals surface area contributed by atoms with Gasteiger partial charge in [0.1, 0.15) is 0 Å². The van der Waals surface area contributed by atoms with Crippen molar-refractivity contribution in [3.8, 4) is 0 Å². The molecule has 18 heavy (non-hydrogen) atoms. The zero-order chi connectivity index (χ0) is 12.8. The minimum atomic E-state index is 0.263. The predicted octanol–water partition coefficient (Wildman–Crippen LogP) is 2.40. The smallest absolute Gasteiger partial charge is 0.0798 e. The first-order valence-electron chi connectivity index (χ1n) is 6.96. The number of rotatable bonds is 4. The van der Waals surface area contributed by atoms with Crippen LogP contribution in [0.2, 0.25) is 0 Å². The van der Waals surface area contributed by atoms with Crippen molar-refractivity contribution in [3.05, 3.63) is 16.1 Å². The van der Waals surface area contributed by atoms with Gasteiger partial charge < -0.3 is 5.73 Å². The minimum absolute atomic E-state index is 0.263. The molecule has 2 aliphatic rings. The van der Waals surface area contributed by atoms with Crippen LogP contribution in [0.4, 0.5) is 0 Å². The first-order valence-corrected chi connectivity index (χ1v) is 7.84. The van der Waals surface area contributed by atoms with E-state index in [-0.39, 0.29) is 5.54 Å². The maximum atomic E-state index is 6.17. The molecule has 2 fully saturated rings. The van der Waals surface area contributed by atoms with Crippen molar-refractivity contribution >= 4 is 11.3 Å². The Balaban J connectivity index is 1.78. The minimum Gasteiger partial charge on any atom is -0.329 e. The van der Waals surface area contributed by atoms with Gasteiger partial charge in [0, 0.05) is 23.5 Å². The molecule has 100 valence electrons. The summed E-state index contributed by atoms with van der Waals surface area (Å²) in [6.07, 6.45) is 5.53. The molecule has 4 heteroatoms. The zero-order valence-corrected chi connectivity index (χ0v) is 12.2. The number of fused-ring (bicyclic) bond motifs is 2. The largest absolute Gasteiger partial charge is 0.329 e. The van der Waals surface area contributed by atoms with Crippen molar-refractivity contribution in [2.45, 2.75) is 44.7 Å². The summed E-state index contributed by atoms with van der Waals surface area (Å²) in [6, 6.07) is 0. The van der Waals surface area contributed by atoms with Crippen LogP contribution in [0, 0.1) is 18.8 Å². The summed E-state index contributed by atoms with van der Waals surface area (Å²) < 4.78 is 0. The lowest BCUT2D eigenvalue weighted by atomic mass is 9.79. The highest BCUT2D eigenvalue weighted by Crippen LogP contribution is 2.53. The average Bonchev–Trinajstić information content (AvgIpc) is 3.05. The Labute approximate surface area is 113 Å². The highest BCUT2D eigenvalue weighted by molar-refractivity contribution is 7.09. The molecule has 1 aromatic rings. The summed E-state index contributed by atoms with van der Waals surface area (Å²) in [5.74, 6) is 1.76. The van der Waals surface area contributed by atoms with Gasteiger partial charge >= 0.3 is 0 Å². The van der Waals surface area contributed by atoms with Crippen LogP contribution in [-0.4, -0.2) is 29.0 Å². The Morgan fingerprint density at radius 1 is 1.56 bits per heavy atom. The SMILES string of the molecule is Cc1ncsc1CN(C)C1(CN)CC2CCC1C2. The third kappa shape index (κ3) is 1.82. The molecule has 3 unspecified atom stereocenters. The van der Waals surface area contributed by atoms with Gasteiger partial charge in [-0.15, -0.1) is 11.3 Å². The quantitative estimate of drug-likeness (QED) is 0.909. The van der Waals surface area contributed by atoms with Crippen LogP contribution < -0.4 is 5.73 Å². The van der Waals surface area contributed by atoms with E-state index in [9.17, 15) is 0 Å². The third-order valence-electron chi connectivity index (χ3n) is 5.28. The fourth-order valence-electron chi connectivity index (χ4n) is 4.14. The van der Waals surface area contributed by atoms with Crippen LogP contribution in [0.1, 0.15) is 36.3 Å². The standard InChI is InChI=1S/C14H23N3S/c1-10-13(18-9-16-10)7-17(2)14(8-15)6-11-3-4-12(14)5-11/h9,11-12H,3-8,15H2,1-2H3. The number of hydrogen-bond donors (Lipinski definition) is 1. The number of nitrogens with zero attached hydrogens (tertiary/aromatic N) is 2. The van der Waals surface area contributed by atoms with Crippen LogP contribution in [0.5, 0.6) is 0 Å². The molecule has 3 atom stereocenters. The normalized spacial score (nSPS) is 34.7. The Kier molecular flexibility index (Phi) is 3.20. The summed E-state index contributed by atoms with van der Waals surface area (Å²) in [5, 5.41) is 0. The molecule has 1 aromatic heterocycles. The molecule has 3 nitrogen and oxygen atoms in total. The van der Waals surface area contributed by atoms with Gasteiger partial charge in [-0.25, -0.2) is 4.98 Å².